The molecule has 0 bridgehead atoms. The van der Waals surface area contributed by atoms with E-state index in [4.69, 9.17) is 5.14 Å². The largest absolute Gasteiger partial charge is 0.355 e. The van der Waals surface area contributed by atoms with Crippen LogP contribution < -0.4 is 10.5 Å². The fourth-order valence-corrected chi connectivity index (χ4v) is 2.74. The van der Waals surface area contributed by atoms with E-state index in [2.05, 4.69) is 11.4 Å². The van der Waals surface area contributed by atoms with Crippen molar-refractivity contribution in [1.29, 1.82) is 5.26 Å². The monoisotopic (exact) mass is 273 g/mol. The fourth-order valence-electron chi connectivity index (χ4n) is 2.19. The summed E-state index contributed by atoms with van der Waals surface area (Å²) in [4.78, 5) is 12.0. The molecule has 3 N–H and O–H groups in total. The average molecular weight is 273 g/mol. The van der Waals surface area contributed by atoms with Gasteiger partial charge in [-0.3, -0.25) is 4.79 Å². The number of nitrogens with zero attached hydrogens (tertiary/aromatic N) is 1. The van der Waals surface area contributed by atoms with E-state index in [1.165, 1.54) is 0 Å². The number of sulfonamides is 1. The van der Waals surface area contributed by atoms with Crippen LogP contribution in [0.4, 0.5) is 0 Å². The Morgan fingerprint density at radius 1 is 1.33 bits per heavy atom. The molecule has 0 atom stereocenters. The molecule has 1 fully saturated rings. The zero-order chi connectivity index (χ0) is 13.6. The quantitative estimate of drug-likeness (QED) is 0.699. The standard InChI is InChI=1S/C11H19N3O3S/c12-9-11(5-2-1-3-6-11)10(15)14-7-4-8-18(13,16)17/h1-8H2,(H,14,15)(H2,13,16,17). The van der Waals surface area contributed by atoms with Gasteiger partial charge in [-0.25, -0.2) is 13.6 Å². The molecule has 0 saturated heterocycles. The summed E-state index contributed by atoms with van der Waals surface area (Å²) in [6.07, 6.45) is 4.28. The number of nitrogens with one attached hydrogen (secondary N) is 1. The van der Waals surface area contributed by atoms with Crippen LogP contribution in [0.3, 0.4) is 0 Å². The van der Waals surface area contributed by atoms with E-state index in [9.17, 15) is 18.5 Å². The summed E-state index contributed by atoms with van der Waals surface area (Å²) in [5.41, 5.74) is -0.917. The SMILES string of the molecule is N#CC1(C(=O)NCCCS(N)(=O)=O)CCCCC1. The van der Waals surface area contributed by atoms with Crippen molar-refractivity contribution < 1.29 is 13.2 Å². The van der Waals surface area contributed by atoms with Gasteiger partial charge in [0.1, 0.15) is 5.41 Å². The Morgan fingerprint density at radius 3 is 2.44 bits per heavy atom. The zero-order valence-corrected chi connectivity index (χ0v) is 11.1. The van der Waals surface area contributed by atoms with Gasteiger partial charge >= 0.3 is 0 Å². The van der Waals surface area contributed by atoms with Crippen molar-refractivity contribution in [3.63, 3.8) is 0 Å². The lowest BCUT2D eigenvalue weighted by Crippen LogP contribution is -2.42. The molecule has 0 spiro atoms. The van der Waals surface area contributed by atoms with Crippen LogP contribution in [-0.4, -0.2) is 26.6 Å². The van der Waals surface area contributed by atoms with Gasteiger partial charge in [0, 0.05) is 6.54 Å². The summed E-state index contributed by atoms with van der Waals surface area (Å²) in [6.45, 7) is 0.235. The Kier molecular flexibility index (Phi) is 5.11. The van der Waals surface area contributed by atoms with E-state index in [1.54, 1.807) is 0 Å². The van der Waals surface area contributed by atoms with Gasteiger partial charge in [-0.15, -0.1) is 0 Å². The maximum atomic E-state index is 12.0. The van der Waals surface area contributed by atoms with Crippen LogP contribution in [0.5, 0.6) is 0 Å². The number of hydrogen-bond acceptors (Lipinski definition) is 4. The lowest BCUT2D eigenvalue weighted by atomic mass is 9.74. The van der Waals surface area contributed by atoms with Gasteiger partial charge in [-0.2, -0.15) is 5.26 Å². The Morgan fingerprint density at radius 2 is 1.94 bits per heavy atom. The maximum Gasteiger partial charge on any atom is 0.240 e. The molecule has 0 heterocycles. The van der Waals surface area contributed by atoms with Gasteiger partial charge in [0.25, 0.3) is 0 Å². The summed E-state index contributed by atoms with van der Waals surface area (Å²) >= 11 is 0. The van der Waals surface area contributed by atoms with E-state index in [0.717, 1.165) is 19.3 Å². The van der Waals surface area contributed by atoms with E-state index in [0.29, 0.717) is 12.8 Å². The third-order valence-corrected chi connectivity index (χ3v) is 4.10. The first-order valence-electron chi connectivity index (χ1n) is 6.10. The highest BCUT2D eigenvalue weighted by Crippen LogP contribution is 2.35. The topological polar surface area (TPSA) is 113 Å². The van der Waals surface area contributed by atoms with Gasteiger partial charge in [0.15, 0.2) is 0 Å². The molecule has 1 rings (SSSR count). The number of carbonyl (C=O) groups is 1. The third kappa shape index (κ3) is 4.27. The van der Waals surface area contributed by atoms with Gasteiger partial charge in [-0.05, 0) is 19.3 Å². The van der Waals surface area contributed by atoms with Gasteiger partial charge < -0.3 is 5.32 Å². The molecule has 0 radical (unpaired) electrons. The van der Waals surface area contributed by atoms with E-state index < -0.39 is 15.4 Å². The lowest BCUT2D eigenvalue weighted by molar-refractivity contribution is -0.129. The summed E-state index contributed by atoms with van der Waals surface area (Å²) in [7, 11) is -3.48. The smallest absolute Gasteiger partial charge is 0.240 e. The lowest BCUT2D eigenvalue weighted by Gasteiger charge is -2.29. The number of nitrogens with two attached hydrogens (primary N) is 1. The summed E-state index contributed by atoms with van der Waals surface area (Å²) in [5, 5.41) is 16.7. The maximum absolute atomic E-state index is 12.0. The second kappa shape index (κ2) is 6.16. The fraction of sp³-hybridized carbons (Fsp3) is 0.818. The first-order chi connectivity index (χ1) is 8.40. The predicted octanol–water partition coefficient (Wildman–Crippen LogP) is 0.255. The minimum absolute atomic E-state index is 0.160. The van der Waals surface area contributed by atoms with Crippen molar-refractivity contribution in [1.82, 2.24) is 5.32 Å². The second-order valence-electron chi connectivity index (χ2n) is 4.73. The number of hydrogen-bond donors (Lipinski definition) is 2. The highest BCUT2D eigenvalue weighted by atomic mass is 32.2. The molecule has 0 aromatic rings. The van der Waals surface area contributed by atoms with Gasteiger partial charge in [-0.1, -0.05) is 19.3 Å². The molecule has 1 aliphatic carbocycles. The minimum Gasteiger partial charge on any atom is -0.355 e. The Labute approximate surface area is 108 Å². The summed E-state index contributed by atoms with van der Waals surface area (Å²) in [6, 6.07) is 2.12. The molecular formula is C11H19N3O3S. The number of nitriles is 1. The van der Waals surface area contributed by atoms with Crippen LogP contribution in [0, 0.1) is 16.7 Å². The minimum atomic E-state index is -3.48. The third-order valence-electron chi connectivity index (χ3n) is 3.25. The second-order valence-corrected chi connectivity index (χ2v) is 6.46. The van der Waals surface area contributed by atoms with Crippen LogP contribution in [0.25, 0.3) is 0 Å². The Balaban J connectivity index is 2.42. The zero-order valence-electron chi connectivity index (χ0n) is 10.3. The van der Waals surface area contributed by atoms with Crippen molar-refractivity contribution in [3.05, 3.63) is 0 Å². The van der Waals surface area contributed by atoms with E-state index in [-0.39, 0.29) is 24.6 Å². The van der Waals surface area contributed by atoms with Crippen LogP contribution in [0.15, 0.2) is 0 Å². The number of carbonyl (C=O) groups excluding carboxylic acids is 1. The number of primary sulfonamides is 1. The van der Waals surface area contributed by atoms with Crippen LogP contribution in [-0.2, 0) is 14.8 Å². The van der Waals surface area contributed by atoms with Gasteiger partial charge in [0.2, 0.25) is 15.9 Å². The van der Waals surface area contributed by atoms with Crippen molar-refractivity contribution in [2.45, 2.75) is 38.5 Å². The summed E-state index contributed by atoms with van der Waals surface area (Å²) < 4.78 is 21.4. The predicted molar refractivity (Wildman–Crippen MR) is 66.7 cm³/mol. The molecule has 1 amide bonds. The first-order valence-corrected chi connectivity index (χ1v) is 7.81. The van der Waals surface area contributed by atoms with E-state index in [1.807, 2.05) is 0 Å². The van der Waals surface area contributed by atoms with Crippen molar-refractivity contribution in [2.75, 3.05) is 12.3 Å². The highest BCUT2D eigenvalue weighted by molar-refractivity contribution is 7.89. The molecule has 0 unspecified atom stereocenters. The van der Waals surface area contributed by atoms with Gasteiger partial charge in [0.05, 0.1) is 11.8 Å². The molecule has 0 aromatic heterocycles. The number of rotatable bonds is 5. The average Bonchev–Trinajstić information content (AvgIpc) is 2.34. The van der Waals surface area contributed by atoms with E-state index >= 15 is 0 Å². The van der Waals surface area contributed by atoms with Crippen LogP contribution in [0.1, 0.15) is 38.5 Å². The number of amides is 1. The molecule has 1 aliphatic rings. The first kappa shape index (κ1) is 14.9. The van der Waals surface area contributed by atoms with Crippen molar-refractivity contribution >= 4 is 15.9 Å². The van der Waals surface area contributed by atoms with Crippen LogP contribution >= 0.6 is 0 Å². The highest BCUT2D eigenvalue weighted by Gasteiger charge is 2.39. The normalized spacial score (nSPS) is 18.9. The van der Waals surface area contributed by atoms with Crippen molar-refractivity contribution in [2.24, 2.45) is 10.6 Å². The molecule has 1 saturated carbocycles. The Bertz CT molecular complexity index is 433. The van der Waals surface area contributed by atoms with Crippen LogP contribution in [0.2, 0.25) is 0 Å². The molecule has 102 valence electrons. The Hall–Kier alpha value is -1.13. The molecule has 18 heavy (non-hydrogen) atoms. The molecule has 0 aliphatic heterocycles. The summed E-state index contributed by atoms with van der Waals surface area (Å²) in [5.74, 6) is -0.438. The molecule has 6 nitrogen and oxygen atoms in total. The van der Waals surface area contributed by atoms with Crippen molar-refractivity contribution in [3.8, 4) is 6.07 Å². The molecular weight excluding hydrogens is 254 g/mol. The molecule has 7 heteroatoms. The molecule has 0 aromatic carbocycles.